The molecule has 5 fully saturated rings. The number of hydrogen-bond donors (Lipinski definition) is 1. The third-order valence-corrected chi connectivity index (χ3v) is 14.8. The van der Waals surface area contributed by atoms with Crippen molar-refractivity contribution in [3.63, 3.8) is 0 Å². The zero-order valence-corrected chi connectivity index (χ0v) is 33.8. The quantitative estimate of drug-likeness (QED) is 0.303. The molecule has 0 aromatic heterocycles. The van der Waals surface area contributed by atoms with Crippen LogP contribution in [-0.4, -0.2) is 130 Å². The Kier molecular flexibility index (Phi) is 11.4. The van der Waals surface area contributed by atoms with Crippen LogP contribution in [0, 0.1) is 23.5 Å². The molecule has 0 spiro atoms. The smallest absolute Gasteiger partial charge is 0.410 e. The van der Waals surface area contributed by atoms with Crippen molar-refractivity contribution in [2.75, 3.05) is 77.5 Å². The molecular formula is C41H56F3N5O6S. The van der Waals surface area contributed by atoms with Crippen molar-refractivity contribution in [2.45, 2.75) is 92.2 Å². The Labute approximate surface area is 328 Å². The number of carbonyl (C=O) groups excluding carboxylic acids is 2. The van der Waals surface area contributed by atoms with Gasteiger partial charge in [0.15, 0.2) is 15.5 Å². The van der Waals surface area contributed by atoms with Gasteiger partial charge in [0.25, 0.3) is 0 Å². The summed E-state index contributed by atoms with van der Waals surface area (Å²) in [7, 11) is -2.53. The Morgan fingerprint density at radius 1 is 0.929 bits per heavy atom. The molecule has 0 unspecified atom stereocenters. The standard InChI is InChI=1S/C41H56F3N5O6S/c1-39(2,3)55-38(51)48-22-32(23-48)56(52,53)31-12-13-36(34(43)21-31)49-25-40(44,26-49)24-47-18-14-28(15-19-47)41(27-46-16-7-17-46,29-8-5-9-30(42)20-29)33-10-6-11-35(33)45-37(50)54-4/h5,8-9,12-13,20-21,28,32-33,35H,6-7,10-11,14-19,22-27H2,1-4H3,(H,45,50)/t33-,35-,41-/m0/s1. The maximum absolute atomic E-state index is 16.3. The second-order valence-corrected chi connectivity index (χ2v) is 19.9. The number of alkyl halides is 1. The summed E-state index contributed by atoms with van der Waals surface area (Å²) in [6, 6.07) is 10.6. The lowest BCUT2D eigenvalue weighted by Crippen LogP contribution is -2.65. The first-order valence-corrected chi connectivity index (χ1v) is 21.5. The van der Waals surface area contributed by atoms with Crippen LogP contribution in [-0.2, 0) is 24.7 Å². The van der Waals surface area contributed by atoms with Crippen molar-refractivity contribution in [1.82, 2.24) is 20.0 Å². The maximum Gasteiger partial charge on any atom is 0.410 e. The Hall–Kier alpha value is -3.56. The average molecular weight is 804 g/mol. The number of anilines is 1. The molecule has 11 nitrogen and oxygen atoms in total. The topological polar surface area (TPSA) is 112 Å². The van der Waals surface area contributed by atoms with Crippen LogP contribution in [0.25, 0.3) is 0 Å². The molecule has 5 aliphatic rings. The Morgan fingerprint density at radius 2 is 1.64 bits per heavy atom. The predicted molar refractivity (Wildman–Crippen MR) is 206 cm³/mol. The first kappa shape index (κ1) is 40.6. The number of sulfone groups is 1. The molecule has 0 radical (unpaired) electrons. The fourth-order valence-corrected chi connectivity index (χ4v) is 11.5. The zero-order chi connectivity index (χ0) is 40.0. The Bertz CT molecular complexity index is 1870. The van der Waals surface area contributed by atoms with Gasteiger partial charge in [0.05, 0.1) is 30.8 Å². The summed E-state index contributed by atoms with van der Waals surface area (Å²) in [5.41, 5.74) is -1.59. The van der Waals surface area contributed by atoms with Crippen molar-refractivity contribution in [2.24, 2.45) is 11.8 Å². The highest BCUT2D eigenvalue weighted by Gasteiger charge is 2.54. The molecule has 2 amide bonds. The third-order valence-electron chi connectivity index (χ3n) is 12.8. The van der Waals surface area contributed by atoms with Crippen LogP contribution in [0.15, 0.2) is 47.4 Å². The van der Waals surface area contributed by atoms with Gasteiger partial charge >= 0.3 is 12.2 Å². The van der Waals surface area contributed by atoms with E-state index in [9.17, 15) is 22.4 Å². The van der Waals surface area contributed by atoms with Crippen LogP contribution in [0.3, 0.4) is 0 Å². The number of rotatable bonds is 11. The van der Waals surface area contributed by atoms with Crippen LogP contribution in [0.2, 0.25) is 0 Å². The highest BCUT2D eigenvalue weighted by atomic mass is 32.2. The molecule has 7 rings (SSSR count). The van der Waals surface area contributed by atoms with Gasteiger partial charge in [0.2, 0.25) is 0 Å². The molecule has 2 aromatic rings. The number of nitrogens with one attached hydrogen (secondary N) is 1. The first-order valence-electron chi connectivity index (χ1n) is 20.0. The molecule has 308 valence electrons. The number of amides is 2. The number of benzene rings is 2. The second-order valence-electron chi connectivity index (χ2n) is 17.7. The van der Waals surface area contributed by atoms with Gasteiger partial charge in [-0.3, -0.25) is 4.90 Å². The van der Waals surface area contributed by atoms with Crippen molar-refractivity contribution >= 4 is 27.7 Å². The lowest BCUT2D eigenvalue weighted by Gasteiger charge is -2.54. The fraction of sp³-hybridized carbons (Fsp3) is 0.659. The first-order chi connectivity index (χ1) is 26.5. The van der Waals surface area contributed by atoms with E-state index in [1.54, 1.807) is 37.8 Å². The number of nitrogens with zero attached hydrogens (tertiary/aromatic N) is 4. The number of ether oxygens (including phenoxy) is 2. The van der Waals surface area contributed by atoms with Gasteiger partial charge in [0.1, 0.15) is 22.5 Å². The number of likely N-dealkylation sites (tertiary alicyclic amines) is 3. The fourth-order valence-electron chi connectivity index (χ4n) is 9.88. The van der Waals surface area contributed by atoms with Gasteiger partial charge in [0, 0.05) is 37.6 Å². The summed E-state index contributed by atoms with van der Waals surface area (Å²) in [6.07, 6.45) is 4.31. The van der Waals surface area contributed by atoms with Crippen LogP contribution in [0.5, 0.6) is 0 Å². The van der Waals surface area contributed by atoms with E-state index in [0.29, 0.717) is 13.1 Å². The third kappa shape index (κ3) is 8.22. The minimum absolute atomic E-state index is 0.0193. The lowest BCUT2D eigenvalue weighted by molar-refractivity contribution is 0.00573. The summed E-state index contributed by atoms with van der Waals surface area (Å²) in [5.74, 6) is -0.774. The molecule has 1 saturated carbocycles. The number of piperidine rings is 1. The molecular weight excluding hydrogens is 748 g/mol. The van der Waals surface area contributed by atoms with Crippen molar-refractivity contribution < 1.29 is 40.7 Å². The highest BCUT2D eigenvalue weighted by Crippen LogP contribution is 2.52. The second kappa shape index (κ2) is 15.7. The van der Waals surface area contributed by atoms with Gasteiger partial charge in [-0.15, -0.1) is 0 Å². The molecule has 4 aliphatic heterocycles. The predicted octanol–water partition coefficient (Wildman–Crippen LogP) is 5.77. The normalized spacial score (nSPS) is 24.8. The molecule has 0 bridgehead atoms. The summed E-state index contributed by atoms with van der Waals surface area (Å²) in [6.45, 7) is 9.31. The zero-order valence-electron chi connectivity index (χ0n) is 32.9. The largest absolute Gasteiger partial charge is 0.453 e. The van der Waals surface area contributed by atoms with E-state index in [2.05, 4.69) is 15.1 Å². The van der Waals surface area contributed by atoms with E-state index in [-0.39, 0.29) is 67.0 Å². The van der Waals surface area contributed by atoms with Gasteiger partial charge < -0.3 is 29.5 Å². The van der Waals surface area contributed by atoms with Crippen LogP contribution >= 0.6 is 0 Å². The number of methoxy groups -OCH3 is 1. The molecule has 15 heteroatoms. The minimum atomic E-state index is -3.90. The molecule has 1 N–H and O–H groups in total. The van der Waals surface area contributed by atoms with Crippen LogP contribution in [0.1, 0.15) is 64.9 Å². The number of hydrogen-bond acceptors (Lipinski definition) is 9. The molecule has 4 saturated heterocycles. The van der Waals surface area contributed by atoms with Gasteiger partial charge in [-0.25, -0.2) is 31.2 Å². The number of carbonyl (C=O) groups is 2. The summed E-state index contributed by atoms with van der Waals surface area (Å²) in [5, 5.41) is 2.25. The molecule has 4 heterocycles. The average Bonchev–Trinajstić information content (AvgIpc) is 3.54. The summed E-state index contributed by atoms with van der Waals surface area (Å²) >= 11 is 0. The van der Waals surface area contributed by atoms with Gasteiger partial charge in [-0.05, 0) is 127 Å². The highest BCUT2D eigenvalue weighted by molar-refractivity contribution is 7.92. The van der Waals surface area contributed by atoms with E-state index in [1.807, 2.05) is 6.07 Å². The Balaban J connectivity index is 0.991. The number of alkyl carbamates (subject to hydrolysis) is 1. The molecule has 1 aliphatic carbocycles. The van der Waals surface area contributed by atoms with E-state index in [0.717, 1.165) is 69.8 Å². The van der Waals surface area contributed by atoms with Gasteiger partial charge in [-0.2, -0.15) is 0 Å². The van der Waals surface area contributed by atoms with Crippen molar-refractivity contribution in [3.05, 3.63) is 59.7 Å². The SMILES string of the molecule is COC(=O)N[C@H]1CCC[C@@H]1[C@](CN1CCC1)(c1cccc(F)c1)C1CCN(CC2(F)CN(c3ccc(S(=O)(=O)C4CN(C(=O)OC(C)(C)C)C4)cc3F)C2)CC1. The van der Waals surface area contributed by atoms with Crippen LogP contribution < -0.4 is 10.2 Å². The number of halogens is 3. The maximum atomic E-state index is 16.3. The molecule has 56 heavy (non-hydrogen) atoms. The lowest BCUT2D eigenvalue weighted by atomic mass is 9.57. The minimum Gasteiger partial charge on any atom is -0.453 e. The van der Waals surface area contributed by atoms with E-state index < -0.39 is 49.8 Å². The summed E-state index contributed by atoms with van der Waals surface area (Å²) < 4.78 is 83.5. The van der Waals surface area contributed by atoms with Crippen molar-refractivity contribution in [1.29, 1.82) is 0 Å². The Morgan fingerprint density at radius 3 is 2.25 bits per heavy atom. The monoisotopic (exact) mass is 803 g/mol. The molecule has 2 aromatic carbocycles. The van der Waals surface area contributed by atoms with E-state index >= 15 is 8.78 Å². The molecule has 3 atom stereocenters. The summed E-state index contributed by atoms with van der Waals surface area (Å²) in [4.78, 5) is 32.1. The van der Waals surface area contributed by atoms with E-state index in [1.165, 1.54) is 30.2 Å². The van der Waals surface area contributed by atoms with E-state index in [4.69, 9.17) is 9.47 Å². The van der Waals surface area contributed by atoms with Crippen molar-refractivity contribution in [3.8, 4) is 0 Å². The van der Waals surface area contributed by atoms with Crippen LogP contribution in [0.4, 0.5) is 28.4 Å². The van der Waals surface area contributed by atoms with Gasteiger partial charge in [-0.1, -0.05) is 18.6 Å².